The van der Waals surface area contributed by atoms with Gasteiger partial charge in [-0.2, -0.15) is 0 Å². The van der Waals surface area contributed by atoms with Gasteiger partial charge in [0, 0.05) is 13.1 Å². The molecule has 0 spiro atoms. The highest BCUT2D eigenvalue weighted by atomic mass is 16.6. The molecule has 1 aromatic rings. The van der Waals surface area contributed by atoms with Gasteiger partial charge in [-0.1, -0.05) is 17.2 Å². The van der Waals surface area contributed by atoms with Crippen molar-refractivity contribution in [1.82, 2.24) is 15.2 Å². The Morgan fingerprint density at radius 1 is 1.30 bits per heavy atom. The summed E-state index contributed by atoms with van der Waals surface area (Å²) in [5.74, 6) is 0. The Hall–Kier alpha value is -1.63. The minimum Gasteiger partial charge on any atom is -0.444 e. The SMILES string of the molecule is CCC1(OCc2nonc2C)CCN(C(=O)OC(C)(C)C)CC1. The van der Waals surface area contributed by atoms with Crippen LogP contribution in [0.2, 0.25) is 0 Å². The van der Waals surface area contributed by atoms with Gasteiger partial charge in [-0.3, -0.25) is 0 Å². The van der Waals surface area contributed by atoms with E-state index in [4.69, 9.17) is 14.1 Å². The van der Waals surface area contributed by atoms with Gasteiger partial charge in [-0.25, -0.2) is 9.42 Å². The van der Waals surface area contributed by atoms with Gasteiger partial charge in [0.1, 0.15) is 17.0 Å². The van der Waals surface area contributed by atoms with E-state index < -0.39 is 5.60 Å². The number of hydrogen-bond acceptors (Lipinski definition) is 6. The van der Waals surface area contributed by atoms with Crippen LogP contribution in [0.3, 0.4) is 0 Å². The summed E-state index contributed by atoms with van der Waals surface area (Å²) in [7, 11) is 0. The lowest BCUT2D eigenvalue weighted by atomic mass is 9.88. The molecule has 23 heavy (non-hydrogen) atoms. The summed E-state index contributed by atoms with van der Waals surface area (Å²) in [6.07, 6.45) is 2.21. The molecule has 1 amide bonds. The molecule has 1 aliphatic rings. The number of amides is 1. The molecule has 0 bridgehead atoms. The summed E-state index contributed by atoms with van der Waals surface area (Å²) >= 11 is 0. The van der Waals surface area contributed by atoms with E-state index in [9.17, 15) is 4.79 Å². The Bertz CT molecular complexity index is 528. The fourth-order valence-electron chi connectivity index (χ4n) is 2.63. The van der Waals surface area contributed by atoms with Crippen molar-refractivity contribution in [1.29, 1.82) is 0 Å². The van der Waals surface area contributed by atoms with Crippen LogP contribution in [-0.4, -0.2) is 45.6 Å². The molecule has 1 fully saturated rings. The molecular formula is C16H27N3O4. The zero-order chi connectivity index (χ0) is 17.1. The Labute approximate surface area is 137 Å². The molecule has 0 aromatic carbocycles. The van der Waals surface area contributed by atoms with Gasteiger partial charge in [-0.05, 0) is 47.0 Å². The van der Waals surface area contributed by atoms with Crippen molar-refractivity contribution in [2.75, 3.05) is 13.1 Å². The molecule has 1 aromatic heterocycles. The molecule has 7 heteroatoms. The van der Waals surface area contributed by atoms with Gasteiger partial charge in [0.2, 0.25) is 0 Å². The fraction of sp³-hybridized carbons (Fsp3) is 0.812. The van der Waals surface area contributed by atoms with Crippen LogP contribution in [0.1, 0.15) is 58.3 Å². The van der Waals surface area contributed by atoms with E-state index in [0.717, 1.165) is 30.7 Å². The molecule has 2 heterocycles. The van der Waals surface area contributed by atoms with Crippen molar-refractivity contribution in [3.8, 4) is 0 Å². The van der Waals surface area contributed by atoms with Crippen LogP contribution in [0.5, 0.6) is 0 Å². The van der Waals surface area contributed by atoms with E-state index in [1.165, 1.54) is 0 Å². The van der Waals surface area contributed by atoms with Crippen molar-refractivity contribution in [3.63, 3.8) is 0 Å². The number of piperidine rings is 1. The van der Waals surface area contributed by atoms with E-state index >= 15 is 0 Å². The van der Waals surface area contributed by atoms with Gasteiger partial charge in [0.05, 0.1) is 12.2 Å². The highest BCUT2D eigenvalue weighted by Gasteiger charge is 2.37. The molecule has 0 unspecified atom stereocenters. The molecule has 1 aliphatic heterocycles. The monoisotopic (exact) mass is 325 g/mol. The minimum absolute atomic E-state index is 0.232. The van der Waals surface area contributed by atoms with E-state index in [1.54, 1.807) is 4.90 Å². The topological polar surface area (TPSA) is 77.7 Å². The molecule has 130 valence electrons. The van der Waals surface area contributed by atoms with Crippen molar-refractivity contribution in [2.45, 2.75) is 71.7 Å². The third kappa shape index (κ3) is 4.67. The first kappa shape index (κ1) is 17.7. The highest BCUT2D eigenvalue weighted by molar-refractivity contribution is 5.68. The van der Waals surface area contributed by atoms with Crippen molar-refractivity contribution >= 4 is 6.09 Å². The predicted octanol–water partition coefficient (Wildman–Crippen LogP) is 3.07. The maximum absolute atomic E-state index is 12.1. The lowest BCUT2D eigenvalue weighted by Crippen LogP contribution is -2.49. The maximum Gasteiger partial charge on any atom is 0.410 e. The normalized spacial score (nSPS) is 18.0. The second-order valence-corrected chi connectivity index (χ2v) is 7.09. The Kier molecular flexibility index (Phi) is 5.29. The first-order valence-corrected chi connectivity index (χ1v) is 8.14. The molecule has 0 N–H and O–H groups in total. The number of ether oxygens (including phenoxy) is 2. The van der Waals surface area contributed by atoms with Crippen LogP contribution in [0.15, 0.2) is 4.63 Å². The summed E-state index contributed by atoms with van der Waals surface area (Å²) in [6, 6.07) is 0. The van der Waals surface area contributed by atoms with Crippen LogP contribution in [0, 0.1) is 6.92 Å². The summed E-state index contributed by atoms with van der Waals surface area (Å²) in [4.78, 5) is 13.9. The number of carbonyl (C=O) groups is 1. The molecule has 0 saturated carbocycles. The molecule has 0 atom stereocenters. The third-order valence-corrected chi connectivity index (χ3v) is 4.23. The van der Waals surface area contributed by atoms with Gasteiger partial charge in [0.25, 0.3) is 0 Å². The van der Waals surface area contributed by atoms with Crippen LogP contribution in [0.4, 0.5) is 4.79 Å². The summed E-state index contributed by atoms with van der Waals surface area (Å²) < 4.78 is 16.3. The minimum atomic E-state index is -0.468. The number of aryl methyl sites for hydroxylation is 1. The molecule has 7 nitrogen and oxygen atoms in total. The van der Waals surface area contributed by atoms with Gasteiger partial charge in [-0.15, -0.1) is 0 Å². The van der Waals surface area contributed by atoms with Crippen molar-refractivity contribution in [3.05, 3.63) is 11.4 Å². The standard InChI is InChI=1S/C16H27N3O4/c1-6-16(21-11-13-12(2)17-23-18-13)7-9-19(10-8-16)14(20)22-15(3,4)5/h6-11H2,1-5H3. The smallest absolute Gasteiger partial charge is 0.410 e. The Morgan fingerprint density at radius 2 is 1.96 bits per heavy atom. The number of hydrogen-bond donors (Lipinski definition) is 0. The lowest BCUT2D eigenvalue weighted by molar-refractivity contribution is -0.0968. The van der Waals surface area contributed by atoms with E-state index in [1.807, 2.05) is 27.7 Å². The Morgan fingerprint density at radius 3 is 2.43 bits per heavy atom. The van der Waals surface area contributed by atoms with Crippen molar-refractivity contribution < 1.29 is 18.9 Å². The second-order valence-electron chi connectivity index (χ2n) is 7.09. The van der Waals surface area contributed by atoms with E-state index in [-0.39, 0.29) is 11.7 Å². The zero-order valence-corrected chi connectivity index (χ0v) is 14.7. The van der Waals surface area contributed by atoms with Crippen LogP contribution >= 0.6 is 0 Å². The van der Waals surface area contributed by atoms with Crippen LogP contribution in [-0.2, 0) is 16.1 Å². The largest absolute Gasteiger partial charge is 0.444 e. The summed E-state index contributed by atoms with van der Waals surface area (Å²) in [5, 5.41) is 7.62. The highest BCUT2D eigenvalue weighted by Crippen LogP contribution is 2.31. The number of carbonyl (C=O) groups excluding carboxylic acids is 1. The number of rotatable bonds is 4. The first-order chi connectivity index (χ1) is 10.7. The number of aromatic nitrogens is 2. The molecule has 0 aliphatic carbocycles. The summed E-state index contributed by atoms with van der Waals surface area (Å²) in [6.45, 7) is 11.2. The Balaban J connectivity index is 1.89. The third-order valence-electron chi connectivity index (χ3n) is 4.23. The van der Waals surface area contributed by atoms with Gasteiger partial charge >= 0.3 is 6.09 Å². The lowest BCUT2D eigenvalue weighted by Gasteiger charge is -2.41. The average Bonchev–Trinajstić information content (AvgIpc) is 2.89. The number of nitrogens with zero attached hydrogens (tertiary/aromatic N) is 3. The summed E-state index contributed by atoms with van der Waals surface area (Å²) in [5.41, 5.74) is 0.781. The average molecular weight is 325 g/mol. The van der Waals surface area contributed by atoms with Crippen LogP contribution < -0.4 is 0 Å². The quantitative estimate of drug-likeness (QED) is 0.846. The second kappa shape index (κ2) is 6.86. The predicted molar refractivity (Wildman–Crippen MR) is 83.9 cm³/mol. The molecule has 0 radical (unpaired) electrons. The van der Waals surface area contributed by atoms with Crippen molar-refractivity contribution in [2.24, 2.45) is 0 Å². The molecule has 2 rings (SSSR count). The van der Waals surface area contributed by atoms with Crippen LogP contribution in [0.25, 0.3) is 0 Å². The zero-order valence-electron chi connectivity index (χ0n) is 14.7. The van der Waals surface area contributed by atoms with Gasteiger partial charge < -0.3 is 14.4 Å². The first-order valence-electron chi connectivity index (χ1n) is 8.14. The molecular weight excluding hydrogens is 298 g/mol. The maximum atomic E-state index is 12.1. The fourth-order valence-corrected chi connectivity index (χ4v) is 2.63. The van der Waals surface area contributed by atoms with Gasteiger partial charge in [0.15, 0.2) is 0 Å². The molecule has 1 saturated heterocycles. The number of likely N-dealkylation sites (tertiary alicyclic amines) is 1. The van der Waals surface area contributed by atoms with E-state index in [2.05, 4.69) is 17.2 Å². The van der Waals surface area contributed by atoms with E-state index in [0.29, 0.717) is 19.7 Å².